The fourth-order valence-electron chi connectivity index (χ4n) is 1.01. The van der Waals surface area contributed by atoms with Crippen molar-refractivity contribution in [2.75, 3.05) is 0 Å². The van der Waals surface area contributed by atoms with Crippen molar-refractivity contribution >= 4 is 5.69 Å². The molecule has 1 aromatic carbocycles. The lowest BCUT2D eigenvalue weighted by Crippen LogP contribution is -2.05. The standard InChI is InChI=1S/C8H6F3NO/c1-5-3-2-4-6(7(5)12-13)8(9,10)11/h2-4H,1H3. The van der Waals surface area contributed by atoms with E-state index in [2.05, 4.69) is 5.18 Å². The minimum atomic E-state index is -4.52. The first-order chi connectivity index (χ1) is 5.96. The van der Waals surface area contributed by atoms with Crippen LogP contribution in [0.15, 0.2) is 23.4 Å². The van der Waals surface area contributed by atoms with Crippen LogP contribution in [0.1, 0.15) is 11.1 Å². The highest BCUT2D eigenvalue weighted by Crippen LogP contribution is 2.37. The summed E-state index contributed by atoms with van der Waals surface area (Å²) < 4.78 is 36.6. The first-order valence-electron chi connectivity index (χ1n) is 3.47. The molecule has 0 fully saturated rings. The second-order valence-corrected chi connectivity index (χ2v) is 2.56. The zero-order chi connectivity index (χ0) is 10.1. The van der Waals surface area contributed by atoms with Crippen LogP contribution >= 0.6 is 0 Å². The SMILES string of the molecule is Cc1cccc(C(F)(F)F)c1N=O. The minimum Gasteiger partial charge on any atom is -0.166 e. The minimum absolute atomic E-state index is 0.227. The van der Waals surface area contributed by atoms with Gasteiger partial charge in [0.25, 0.3) is 0 Å². The van der Waals surface area contributed by atoms with Gasteiger partial charge in [-0.1, -0.05) is 12.1 Å². The van der Waals surface area contributed by atoms with E-state index in [9.17, 15) is 18.1 Å². The maximum atomic E-state index is 12.2. The topological polar surface area (TPSA) is 29.4 Å². The van der Waals surface area contributed by atoms with Crippen LogP contribution in [0.2, 0.25) is 0 Å². The van der Waals surface area contributed by atoms with E-state index in [-0.39, 0.29) is 5.56 Å². The summed E-state index contributed by atoms with van der Waals surface area (Å²) in [5.41, 5.74) is -1.29. The number of nitroso groups, excluding NO2 is 1. The molecular formula is C8H6F3NO. The zero-order valence-corrected chi connectivity index (χ0v) is 6.72. The molecular weight excluding hydrogens is 183 g/mol. The fourth-order valence-corrected chi connectivity index (χ4v) is 1.01. The van der Waals surface area contributed by atoms with E-state index >= 15 is 0 Å². The first kappa shape index (κ1) is 9.70. The zero-order valence-electron chi connectivity index (χ0n) is 6.72. The molecule has 70 valence electrons. The van der Waals surface area contributed by atoms with E-state index in [1.165, 1.54) is 19.1 Å². The smallest absolute Gasteiger partial charge is 0.166 e. The summed E-state index contributed by atoms with van der Waals surface area (Å²) in [5.74, 6) is 0. The van der Waals surface area contributed by atoms with Gasteiger partial charge in [0.15, 0.2) is 0 Å². The molecule has 0 aliphatic carbocycles. The second kappa shape index (κ2) is 3.16. The lowest BCUT2D eigenvalue weighted by Gasteiger charge is -2.09. The quantitative estimate of drug-likeness (QED) is 0.622. The highest BCUT2D eigenvalue weighted by molar-refractivity contribution is 5.53. The second-order valence-electron chi connectivity index (χ2n) is 2.56. The van der Waals surface area contributed by atoms with E-state index in [4.69, 9.17) is 0 Å². The summed E-state index contributed by atoms with van der Waals surface area (Å²) in [6.45, 7) is 1.41. The molecule has 0 aromatic heterocycles. The maximum absolute atomic E-state index is 12.2. The predicted molar refractivity (Wildman–Crippen MR) is 41.6 cm³/mol. The molecule has 0 N–H and O–H groups in total. The van der Waals surface area contributed by atoms with Crippen molar-refractivity contribution in [1.29, 1.82) is 0 Å². The van der Waals surface area contributed by atoms with Gasteiger partial charge in [-0.25, -0.2) is 0 Å². The van der Waals surface area contributed by atoms with Crippen molar-refractivity contribution in [3.05, 3.63) is 34.2 Å². The molecule has 0 heterocycles. The van der Waals surface area contributed by atoms with Crippen LogP contribution in [-0.2, 0) is 6.18 Å². The van der Waals surface area contributed by atoms with Crippen LogP contribution in [0, 0.1) is 11.8 Å². The summed E-state index contributed by atoms with van der Waals surface area (Å²) in [7, 11) is 0. The van der Waals surface area contributed by atoms with Gasteiger partial charge in [0.2, 0.25) is 0 Å². The summed E-state index contributed by atoms with van der Waals surface area (Å²) in [5, 5.41) is 2.37. The molecule has 0 unspecified atom stereocenters. The Labute approximate surface area is 72.4 Å². The molecule has 0 atom stereocenters. The first-order valence-corrected chi connectivity index (χ1v) is 3.47. The average Bonchev–Trinajstić information content (AvgIpc) is 2.02. The van der Waals surface area contributed by atoms with Crippen molar-refractivity contribution in [3.8, 4) is 0 Å². The molecule has 0 amide bonds. The van der Waals surface area contributed by atoms with Gasteiger partial charge < -0.3 is 0 Å². The number of benzene rings is 1. The van der Waals surface area contributed by atoms with Crippen LogP contribution in [0.5, 0.6) is 0 Å². The monoisotopic (exact) mass is 189 g/mol. The normalized spacial score (nSPS) is 11.4. The summed E-state index contributed by atoms with van der Waals surface area (Å²) in [6, 6.07) is 3.49. The van der Waals surface area contributed by atoms with Crippen molar-refractivity contribution in [3.63, 3.8) is 0 Å². The Balaban J connectivity index is 3.37. The highest BCUT2D eigenvalue weighted by Gasteiger charge is 2.34. The molecule has 13 heavy (non-hydrogen) atoms. The van der Waals surface area contributed by atoms with Gasteiger partial charge in [-0.3, -0.25) is 0 Å². The van der Waals surface area contributed by atoms with E-state index in [0.717, 1.165) is 6.07 Å². The van der Waals surface area contributed by atoms with Crippen molar-refractivity contribution in [2.45, 2.75) is 13.1 Å². The summed E-state index contributed by atoms with van der Waals surface area (Å²) in [6.07, 6.45) is -4.52. The number of aryl methyl sites for hydroxylation is 1. The molecule has 5 heteroatoms. The molecule has 0 spiro atoms. The molecule has 0 saturated carbocycles. The molecule has 1 rings (SSSR count). The molecule has 1 aromatic rings. The third-order valence-corrected chi connectivity index (χ3v) is 1.63. The summed E-state index contributed by atoms with van der Waals surface area (Å²) in [4.78, 5) is 10.1. The van der Waals surface area contributed by atoms with E-state index in [1.807, 2.05) is 0 Å². The molecule has 0 bridgehead atoms. The van der Waals surface area contributed by atoms with E-state index in [0.29, 0.717) is 0 Å². The van der Waals surface area contributed by atoms with Gasteiger partial charge in [0.05, 0.1) is 5.56 Å². The van der Waals surface area contributed by atoms with Crippen molar-refractivity contribution < 1.29 is 13.2 Å². The maximum Gasteiger partial charge on any atom is 0.418 e. The van der Waals surface area contributed by atoms with Gasteiger partial charge in [-0.2, -0.15) is 13.2 Å². The van der Waals surface area contributed by atoms with Crippen LogP contribution in [0.25, 0.3) is 0 Å². The Kier molecular flexibility index (Phi) is 2.36. The molecule has 0 radical (unpaired) electrons. The Morgan fingerprint density at radius 1 is 1.31 bits per heavy atom. The van der Waals surface area contributed by atoms with Gasteiger partial charge >= 0.3 is 6.18 Å². The molecule has 0 saturated heterocycles. The number of halogens is 3. The van der Waals surface area contributed by atoms with Gasteiger partial charge in [-0.15, -0.1) is 4.91 Å². The van der Waals surface area contributed by atoms with E-state index < -0.39 is 17.4 Å². The third kappa shape index (κ3) is 1.85. The number of nitrogens with zero attached hydrogens (tertiary/aromatic N) is 1. The number of hydrogen-bond donors (Lipinski definition) is 0. The van der Waals surface area contributed by atoms with Crippen LogP contribution < -0.4 is 0 Å². The number of rotatable bonds is 1. The fraction of sp³-hybridized carbons (Fsp3) is 0.250. The van der Waals surface area contributed by atoms with Crippen LogP contribution in [0.4, 0.5) is 18.9 Å². The number of alkyl halides is 3. The van der Waals surface area contributed by atoms with Gasteiger partial charge in [0, 0.05) is 0 Å². The molecule has 2 nitrogen and oxygen atoms in total. The summed E-state index contributed by atoms with van der Waals surface area (Å²) >= 11 is 0. The van der Waals surface area contributed by atoms with Gasteiger partial charge in [0.1, 0.15) is 5.69 Å². The average molecular weight is 189 g/mol. The Morgan fingerprint density at radius 3 is 2.31 bits per heavy atom. The Bertz CT molecular complexity index is 333. The molecule has 0 aliphatic rings. The number of hydrogen-bond acceptors (Lipinski definition) is 2. The Hall–Kier alpha value is -1.39. The van der Waals surface area contributed by atoms with Crippen molar-refractivity contribution in [2.24, 2.45) is 5.18 Å². The Morgan fingerprint density at radius 2 is 1.92 bits per heavy atom. The lowest BCUT2D eigenvalue weighted by atomic mass is 10.1. The van der Waals surface area contributed by atoms with Crippen molar-refractivity contribution in [1.82, 2.24) is 0 Å². The lowest BCUT2D eigenvalue weighted by molar-refractivity contribution is -0.137. The van der Waals surface area contributed by atoms with Crippen LogP contribution in [0.3, 0.4) is 0 Å². The van der Waals surface area contributed by atoms with Crippen LogP contribution in [-0.4, -0.2) is 0 Å². The third-order valence-electron chi connectivity index (χ3n) is 1.63. The highest BCUT2D eigenvalue weighted by atomic mass is 19.4. The van der Waals surface area contributed by atoms with E-state index in [1.54, 1.807) is 0 Å². The largest absolute Gasteiger partial charge is 0.418 e. The molecule has 0 aliphatic heterocycles. The van der Waals surface area contributed by atoms with Gasteiger partial charge in [-0.05, 0) is 23.7 Å². The predicted octanol–water partition coefficient (Wildman–Crippen LogP) is 3.41.